The average Bonchev–Trinajstić information content (AvgIpc) is 2.93. The monoisotopic (exact) mass is 302 g/mol. The first kappa shape index (κ1) is 16.1. The van der Waals surface area contributed by atoms with Crippen LogP contribution in [0.4, 0.5) is 13.2 Å². The maximum Gasteiger partial charge on any atom is 0.417 e. The molecule has 0 bridgehead atoms. The quantitative estimate of drug-likeness (QED) is 0.907. The van der Waals surface area contributed by atoms with Crippen LogP contribution in [0.1, 0.15) is 38.2 Å². The summed E-state index contributed by atoms with van der Waals surface area (Å²) in [5.74, 6) is 0.436. The Balaban J connectivity index is 2.21. The van der Waals surface area contributed by atoms with Crippen molar-refractivity contribution in [2.24, 2.45) is 5.92 Å². The van der Waals surface area contributed by atoms with Crippen LogP contribution in [0.5, 0.6) is 0 Å². The minimum absolute atomic E-state index is 0.0543. The normalized spacial score (nSPS) is 18.1. The zero-order chi connectivity index (χ0) is 15.5. The van der Waals surface area contributed by atoms with Gasteiger partial charge < -0.3 is 9.88 Å². The van der Waals surface area contributed by atoms with Crippen molar-refractivity contribution < 1.29 is 13.2 Å². The van der Waals surface area contributed by atoms with E-state index in [4.69, 9.17) is 0 Å². The molecule has 0 spiro atoms. The molecule has 3 nitrogen and oxygen atoms in total. The van der Waals surface area contributed by atoms with E-state index in [1.165, 1.54) is 4.57 Å². The van der Waals surface area contributed by atoms with Gasteiger partial charge in [-0.3, -0.25) is 4.79 Å². The van der Waals surface area contributed by atoms with Gasteiger partial charge >= 0.3 is 6.18 Å². The number of nitrogens with zero attached hydrogens (tertiary/aromatic N) is 1. The average molecular weight is 302 g/mol. The number of rotatable bonds is 5. The van der Waals surface area contributed by atoms with Crippen molar-refractivity contribution in [1.82, 2.24) is 9.88 Å². The van der Waals surface area contributed by atoms with Gasteiger partial charge in [-0.1, -0.05) is 19.8 Å². The lowest BCUT2D eigenvalue weighted by Crippen LogP contribution is -2.41. The van der Waals surface area contributed by atoms with E-state index in [2.05, 4.69) is 5.32 Å². The van der Waals surface area contributed by atoms with Crippen molar-refractivity contribution in [2.45, 2.75) is 51.4 Å². The van der Waals surface area contributed by atoms with Crippen molar-refractivity contribution in [3.8, 4) is 0 Å². The first-order valence-electron chi connectivity index (χ1n) is 7.43. The lowest BCUT2D eigenvalue weighted by molar-refractivity contribution is -0.138. The van der Waals surface area contributed by atoms with E-state index in [1.807, 2.05) is 6.92 Å². The predicted octanol–water partition coefficient (Wildman–Crippen LogP) is 3.04. The minimum atomic E-state index is -4.42. The molecule has 0 amide bonds. The van der Waals surface area contributed by atoms with Crippen molar-refractivity contribution in [3.63, 3.8) is 0 Å². The third-order valence-corrected chi connectivity index (χ3v) is 4.14. The van der Waals surface area contributed by atoms with Crippen LogP contribution in [-0.4, -0.2) is 17.2 Å². The highest BCUT2D eigenvalue weighted by molar-refractivity contribution is 5.13. The predicted molar refractivity (Wildman–Crippen MR) is 75.1 cm³/mol. The number of nitrogens with one attached hydrogen (secondary N) is 1. The highest BCUT2D eigenvalue weighted by atomic mass is 19.4. The summed E-state index contributed by atoms with van der Waals surface area (Å²) in [6.07, 6.45) is 0.975. The van der Waals surface area contributed by atoms with Crippen LogP contribution >= 0.6 is 0 Å². The van der Waals surface area contributed by atoms with Gasteiger partial charge in [-0.15, -0.1) is 0 Å². The van der Waals surface area contributed by atoms with E-state index in [-0.39, 0.29) is 11.6 Å². The van der Waals surface area contributed by atoms with Gasteiger partial charge in [-0.2, -0.15) is 13.2 Å². The first-order chi connectivity index (χ1) is 9.91. The summed E-state index contributed by atoms with van der Waals surface area (Å²) in [6.45, 7) is 3.01. The van der Waals surface area contributed by atoms with Crippen molar-refractivity contribution in [1.29, 1.82) is 0 Å². The molecular formula is C15H21F3N2O. The molecule has 1 unspecified atom stereocenters. The van der Waals surface area contributed by atoms with Gasteiger partial charge in [0.15, 0.2) is 0 Å². The van der Waals surface area contributed by atoms with E-state index < -0.39 is 11.7 Å². The molecule has 0 aromatic carbocycles. The Morgan fingerprint density at radius 1 is 1.33 bits per heavy atom. The molecule has 1 aromatic rings. The van der Waals surface area contributed by atoms with Crippen LogP contribution in [0.2, 0.25) is 0 Å². The molecule has 1 heterocycles. The van der Waals surface area contributed by atoms with Crippen molar-refractivity contribution >= 4 is 0 Å². The minimum Gasteiger partial charge on any atom is -0.313 e. The molecule has 1 aliphatic rings. The van der Waals surface area contributed by atoms with Gasteiger partial charge in [0.2, 0.25) is 0 Å². The fraction of sp³-hybridized carbons (Fsp3) is 0.667. The molecule has 0 radical (unpaired) electrons. The fourth-order valence-corrected chi connectivity index (χ4v) is 3.06. The molecule has 21 heavy (non-hydrogen) atoms. The lowest BCUT2D eigenvalue weighted by atomic mass is 9.98. The second-order valence-corrected chi connectivity index (χ2v) is 5.61. The maximum absolute atomic E-state index is 12.8. The Bertz CT molecular complexity index is 518. The number of likely N-dealkylation sites (N-methyl/N-ethyl adjacent to an activating group) is 1. The molecular weight excluding hydrogens is 281 g/mol. The summed E-state index contributed by atoms with van der Waals surface area (Å²) in [6, 6.07) is 1.90. The molecule has 1 aliphatic carbocycles. The Labute approximate surface area is 122 Å². The number of hydrogen-bond donors (Lipinski definition) is 1. The number of hydrogen-bond acceptors (Lipinski definition) is 2. The maximum atomic E-state index is 12.8. The molecule has 1 aromatic heterocycles. The first-order valence-corrected chi connectivity index (χ1v) is 7.43. The van der Waals surface area contributed by atoms with Crippen LogP contribution in [0.15, 0.2) is 23.1 Å². The van der Waals surface area contributed by atoms with Crippen LogP contribution in [0.25, 0.3) is 0 Å². The van der Waals surface area contributed by atoms with Crippen molar-refractivity contribution in [3.05, 3.63) is 34.2 Å². The number of halogens is 3. The van der Waals surface area contributed by atoms with Crippen LogP contribution in [0, 0.1) is 5.92 Å². The fourth-order valence-electron chi connectivity index (χ4n) is 3.06. The van der Waals surface area contributed by atoms with Gasteiger partial charge in [0, 0.05) is 24.8 Å². The van der Waals surface area contributed by atoms with Crippen LogP contribution in [0.3, 0.4) is 0 Å². The second-order valence-electron chi connectivity index (χ2n) is 5.61. The zero-order valence-electron chi connectivity index (χ0n) is 12.1. The van der Waals surface area contributed by atoms with E-state index >= 15 is 0 Å². The third-order valence-electron chi connectivity index (χ3n) is 4.14. The van der Waals surface area contributed by atoms with E-state index in [9.17, 15) is 18.0 Å². The highest BCUT2D eigenvalue weighted by Gasteiger charge is 2.31. The smallest absolute Gasteiger partial charge is 0.313 e. The molecule has 1 atom stereocenters. The van der Waals surface area contributed by atoms with Gasteiger partial charge in [0.1, 0.15) is 0 Å². The molecule has 0 aliphatic heterocycles. The topological polar surface area (TPSA) is 34.0 Å². The van der Waals surface area contributed by atoms with Crippen LogP contribution in [-0.2, 0) is 12.7 Å². The summed E-state index contributed by atoms with van der Waals surface area (Å²) in [4.78, 5) is 11.8. The van der Waals surface area contributed by atoms with E-state index in [0.29, 0.717) is 12.5 Å². The third kappa shape index (κ3) is 4.09. The Hall–Kier alpha value is -1.30. The summed E-state index contributed by atoms with van der Waals surface area (Å²) < 4.78 is 39.5. The summed E-state index contributed by atoms with van der Waals surface area (Å²) in [5.41, 5.74) is -1.16. The second kappa shape index (κ2) is 6.64. The number of pyridine rings is 1. The molecule has 118 valence electrons. The Morgan fingerprint density at radius 2 is 2.00 bits per heavy atom. The molecule has 6 heteroatoms. The molecule has 2 rings (SSSR count). The summed E-state index contributed by atoms with van der Waals surface area (Å²) >= 11 is 0. The van der Waals surface area contributed by atoms with Gasteiger partial charge in [-0.25, -0.2) is 0 Å². The number of aromatic nitrogens is 1. The van der Waals surface area contributed by atoms with Gasteiger partial charge in [0.25, 0.3) is 5.56 Å². The van der Waals surface area contributed by atoms with E-state index in [1.54, 1.807) is 0 Å². The Morgan fingerprint density at radius 3 is 2.57 bits per heavy atom. The summed E-state index contributed by atoms with van der Waals surface area (Å²) in [5, 5.41) is 3.32. The molecule has 1 fully saturated rings. The van der Waals surface area contributed by atoms with Gasteiger partial charge in [0.05, 0.1) is 5.56 Å². The lowest BCUT2D eigenvalue weighted by Gasteiger charge is -2.25. The molecule has 1 N–H and O–H groups in total. The Kier molecular flexibility index (Phi) is 5.08. The van der Waals surface area contributed by atoms with Gasteiger partial charge in [-0.05, 0) is 31.4 Å². The molecule has 1 saturated carbocycles. The van der Waals surface area contributed by atoms with Crippen molar-refractivity contribution in [2.75, 3.05) is 6.54 Å². The SMILES string of the molecule is CCNC(Cn1cc(C(F)(F)F)ccc1=O)C1CCCC1. The molecule has 0 saturated heterocycles. The highest BCUT2D eigenvalue weighted by Crippen LogP contribution is 2.30. The largest absolute Gasteiger partial charge is 0.417 e. The zero-order valence-corrected chi connectivity index (χ0v) is 12.1. The van der Waals surface area contributed by atoms with Crippen LogP contribution < -0.4 is 10.9 Å². The van der Waals surface area contributed by atoms with E-state index in [0.717, 1.165) is 50.6 Å². The summed E-state index contributed by atoms with van der Waals surface area (Å²) in [7, 11) is 0. The standard InChI is InChI=1S/C15H21F3N2O/c1-2-19-13(11-5-3-4-6-11)10-20-9-12(15(16,17)18)7-8-14(20)21/h7-9,11,13,19H,2-6,10H2,1H3. The number of alkyl halides is 3.